The molecular formula is C17H26ClNO3. The zero-order chi connectivity index (χ0) is 15.9. The molecule has 2 rings (SSSR count). The number of halogens is 1. The van der Waals surface area contributed by atoms with Crippen molar-refractivity contribution in [2.45, 2.75) is 32.7 Å². The lowest BCUT2D eigenvalue weighted by atomic mass is 9.98. The number of ether oxygens (including phenoxy) is 2. The number of piperidine rings is 1. The Kier molecular flexibility index (Phi) is 6.80. The molecule has 1 N–H and O–H groups in total. The van der Waals surface area contributed by atoms with Crippen LogP contribution in [0.25, 0.3) is 0 Å². The summed E-state index contributed by atoms with van der Waals surface area (Å²) in [6.45, 7) is 5.77. The van der Waals surface area contributed by atoms with Gasteiger partial charge in [-0.25, -0.2) is 0 Å². The van der Waals surface area contributed by atoms with Gasteiger partial charge in [-0.3, -0.25) is 4.90 Å². The van der Waals surface area contributed by atoms with Gasteiger partial charge in [0, 0.05) is 19.7 Å². The van der Waals surface area contributed by atoms with E-state index in [0.717, 1.165) is 44.5 Å². The first-order valence-corrected chi connectivity index (χ1v) is 8.38. The zero-order valence-corrected chi connectivity index (χ0v) is 14.2. The fraction of sp³-hybridized carbons (Fsp3) is 0.647. The Morgan fingerprint density at radius 1 is 1.41 bits per heavy atom. The molecule has 1 aliphatic heterocycles. The van der Waals surface area contributed by atoms with E-state index in [1.54, 1.807) is 7.11 Å². The molecule has 0 aliphatic carbocycles. The minimum Gasteiger partial charge on any atom is -0.493 e. The summed E-state index contributed by atoms with van der Waals surface area (Å²) in [5.41, 5.74) is 1.12. The predicted molar refractivity (Wildman–Crippen MR) is 88.9 cm³/mol. The summed E-state index contributed by atoms with van der Waals surface area (Å²) < 4.78 is 11.1. The van der Waals surface area contributed by atoms with Gasteiger partial charge in [0.15, 0.2) is 11.5 Å². The van der Waals surface area contributed by atoms with Crippen LogP contribution in [0.3, 0.4) is 0 Å². The highest BCUT2D eigenvalue weighted by Crippen LogP contribution is 2.37. The summed E-state index contributed by atoms with van der Waals surface area (Å²) in [6.07, 6.45) is 3.17. The van der Waals surface area contributed by atoms with E-state index in [-0.39, 0.29) is 6.61 Å². The second-order valence-electron chi connectivity index (χ2n) is 5.88. The van der Waals surface area contributed by atoms with Crippen LogP contribution in [0.15, 0.2) is 12.1 Å². The number of aliphatic hydroxyl groups is 1. The van der Waals surface area contributed by atoms with Crippen LogP contribution < -0.4 is 9.47 Å². The van der Waals surface area contributed by atoms with E-state index in [1.165, 1.54) is 0 Å². The van der Waals surface area contributed by atoms with E-state index >= 15 is 0 Å². The summed E-state index contributed by atoms with van der Waals surface area (Å²) in [6, 6.07) is 3.96. The first-order chi connectivity index (χ1) is 10.7. The molecule has 0 spiro atoms. The molecule has 1 fully saturated rings. The Labute approximate surface area is 138 Å². The maximum absolute atomic E-state index is 9.34. The fourth-order valence-electron chi connectivity index (χ4n) is 2.91. The number of methoxy groups -OCH3 is 1. The molecule has 124 valence electrons. The Hall–Kier alpha value is -0.970. The molecule has 1 heterocycles. The van der Waals surface area contributed by atoms with Crippen molar-refractivity contribution >= 4 is 11.6 Å². The molecule has 22 heavy (non-hydrogen) atoms. The summed E-state index contributed by atoms with van der Waals surface area (Å²) in [4.78, 5) is 2.36. The van der Waals surface area contributed by atoms with Crippen molar-refractivity contribution in [3.8, 4) is 11.5 Å². The number of hydrogen-bond acceptors (Lipinski definition) is 4. The van der Waals surface area contributed by atoms with E-state index in [4.69, 9.17) is 21.1 Å². The van der Waals surface area contributed by atoms with Gasteiger partial charge in [0.25, 0.3) is 0 Å². The van der Waals surface area contributed by atoms with Crippen LogP contribution in [0.5, 0.6) is 11.5 Å². The Balaban J connectivity index is 2.09. The highest BCUT2D eigenvalue weighted by atomic mass is 35.5. The van der Waals surface area contributed by atoms with Crippen LogP contribution in [0.2, 0.25) is 5.02 Å². The number of likely N-dealkylation sites (tertiary alicyclic amines) is 1. The first kappa shape index (κ1) is 17.4. The minimum absolute atomic E-state index is 0.268. The lowest BCUT2D eigenvalue weighted by molar-refractivity contribution is 0.116. The third-order valence-electron chi connectivity index (χ3n) is 4.01. The summed E-state index contributed by atoms with van der Waals surface area (Å²) >= 11 is 6.36. The number of hydrogen-bond donors (Lipinski definition) is 1. The van der Waals surface area contributed by atoms with Gasteiger partial charge in [-0.2, -0.15) is 0 Å². The van der Waals surface area contributed by atoms with Crippen LogP contribution >= 0.6 is 11.6 Å². The van der Waals surface area contributed by atoms with Crippen LogP contribution in [0.4, 0.5) is 0 Å². The molecule has 4 nitrogen and oxygen atoms in total. The van der Waals surface area contributed by atoms with Gasteiger partial charge >= 0.3 is 0 Å². The maximum Gasteiger partial charge on any atom is 0.179 e. The maximum atomic E-state index is 9.34. The quantitative estimate of drug-likeness (QED) is 0.834. The van der Waals surface area contributed by atoms with Gasteiger partial charge in [-0.15, -0.1) is 0 Å². The number of nitrogens with zero attached hydrogens (tertiary/aromatic N) is 1. The third kappa shape index (κ3) is 4.51. The molecule has 0 aromatic heterocycles. The summed E-state index contributed by atoms with van der Waals surface area (Å²) in [5, 5.41) is 9.93. The monoisotopic (exact) mass is 327 g/mol. The van der Waals surface area contributed by atoms with E-state index in [1.807, 2.05) is 12.1 Å². The molecule has 0 amide bonds. The number of rotatable bonds is 7. The third-order valence-corrected chi connectivity index (χ3v) is 4.29. The van der Waals surface area contributed by atoms with Crippen LogP contribution in [-0.4, -0.2) is 43.4 Å². The fourth-order valence-corrected chi connectivity index (χ4v) is 3.20. The van der Waals surface area contributed by atoms with E-state index < -0.39 is 0 Å². The normalized spacial score (nSPS) is 19.2. The van der Waals surface area contributed by atoms with E-state index in [0.29, 0.717) is 29.0 Å². The molecule has 0 bridgehead atoms. The minimum atomic E-state index is 0.268. The van der Waals surface area contributed by atoms with Gasteiger partial charge in [0.2, 0.25) is 0 Å². The van der Waals surface area contributed by atoms with Gasteiger partial charge < -0.3 is 14.6 Å². The van der Waals surface area contributed by atoms with Crippen molar-refractivity contribution in [2.75, 3.05) is 33.4 Å². The average Bonchev–Trinajstić information content (AvgIpc) is 2.53. The van der Waals surface area contributed by atoms with E-state index in [9.17, 15) is 5.11 Å². The lowest BCUT2D eigenvalue weighted by Gasteiger charge is -2.32. The lowest BCUT2D eigenvalue weighted by Crippen LogP contribution is -2.36. The van der Waals surface area contributed by atoms with Crippen molar-refractivity contribution in [3.63, 3.8) is 0 Å². The molecule has 0 radical (unpaired) electrons. The molecule has 1 aromatic rings. The Morgan fingerprint density at radius 3 is 2.91 bits per heavy atom. The summed E-state index contributed by atoms with van der Waals surface area (Å²) in [5.74, 6) is 1.70. The van der Waals surface area contributed by atoms with E-state index in [2.05, 4.69) is 11.8 Å². The van der Waals surface area contributed by atoms with Crippen LogP contribution in [0, 0.1) is 5.92 Å². The topological polar surface area (TPSA) is 41.9 Å². The second kappa shape index (κ2) is 8.61. The van der Waals surface area contributed by atoms with Crippen molar-refractivity contribution in [1.29, 1.82) is 0 Å². The number of aliphatic hydroxyl groups excluding tert-OH is 1. The second-order valence-corrected chi connectivity index (χ2v) is 6.29. The molecule has 1 atom stereocenters. The zero-order valence-electron chi connectivity index (χ0n) is 13.5. The summed E-state index contributed by atoms with van der Waals surface area (Å²) in [7, 11) is 1.64. The highest BCUT2D eigenvalue weighted by Gasteiger charge is 2.20. The van der Waals surface area contributed by atoms with Crippen LogP contribution in [0.1, 0.15) is 31.7 Å². The molecular weight excluding hydrogens is 302 g/mol. The highest BCUT2D eigenvalue weighted by molar-refractivity contribution is 6.32. The van der Waals surface area contributed by atoms with Gasteiger partial charge in [0.1, 0.15) is 0 Å². The number of benzene rings is 1. The molecule has 1 aliphatic rings. The SMILES string of the molecule is CCCOc1c(Cl)cc(CN2CCCC(CO)C2)cc1OC. The van der Waals surface area contributed by atoms with Crippen LogP contribution in [-0.2, 0) is 6.54 Å². The molecule has 1 saturated heterocycles. The predicted octanol–water partition coefficient (Wildman–Crippen LogP) is 3.34. The van der Waals surface area contributed by atoms with Crippen molar-refractivity contribution in [3.05, 3.63) is 22.7 Å². The van der Waals surface area contributed by atoms with Gasteiger partial charge in [-0.1, -0.05) is 18.5 Å². The molecule has 1 aromatic carbocycles. The standard InChI is InChI=1S/C17H26ClNO3/c1-3-7-22-17-15(18)8-14(9-16(17)21-2)11-19-6-4-5-13(10-19)12-20/h8-9,13,20H,3-7,10-12H2,1-2H3. The smallest absolute Gasteiger partial charge is 0.179 e. The Morgan fingerprint density at radius 2 is 2.23 bits per heavy atom. The van der Waals surface area contributed by atoms with Crippen molar-refractivity contribution in [1.82, 2.24) is 4.90 Å². The Bertz CT molecular complexity index is 481. The largest absolute Gasteiger partial charge is 0.493 e. The molecule has 5 heteroatoms. The molecule has 0 saturated carbocycles. The first-order valence-electron chi connectivity index (χ1n) is 8.00. The van der Waals surface area contributed by atoms with Gasteiger partial charge in [-0.05, 0) is 49.4 Å². The molecule has 1 unspecified atom stereocenters. The van der Waals surface area contributed by atoms with Crippen molar-refractivity contribution < 1.29 is 14.6 Å². The van der Waals surface area contributed by atoms with Crippen molar-refractivity contribution in [2.24, 2.45) is 5.92 Å². The average molecular weight is 328 g/mol. The van der Waals surface area contributed by atoms with Gasteiger partial charge in [0.05, 0.1) is 18.7 Å².